The smallest absolute Gasteiger partial charge is 0.242 e. The number of amides is 1. The third-order valence-corrected chi connectivity index (χ3v) is 4.16. The third kappa shape index (κ3) is 3.83. The maximum Gasteiger partial charge on any atom is 0.242 e. The lowest BCUT2D eigenvalue weighted by Crippen LogP contribution is -2.44. The Bertz CT molecular complexity index is 430. The maximum absolute atomic E-state index is 12.6. The Hall–Kier alpha value is -1.35. The molecule has 1 aliphatic rings. The van der Waals surface area contributed by atoms with E-state index in [-0.39, 0.29) is 11.9 Å². The van der Waals surface area contributed by atoms with Gasteiger partial charge in [-0.3, -0.25) is 9.69 Å². The van der Waals surface area contributed by atoms with E-state index in [1.54, 1.807) is 0 Å². The number of rotatable bonds is 4. The number of carbonyl (C=O) groups excluding carboxylic acids is 1. The summed E-state index contributed by atoms with van der Waals surface area (Å²) in [6.45, 7) is 2.28. The van der Waals surface area contributed by atoms with Crippen molar-refractivity contribution < 1.29 is 4.79 Å². The van der Waals surface area contributed by atoms with Gasteiger partial charge >= 0.3 is 0 Å². The highest BCUT2D eigenvalue weighted by molar-refractivity contribution is 5.83. The van der Waals surface area contributed by atoms with Crippen LogP contribution in [0.1, 0.15) is 44.2 Å². The third-order valence-electron chi connectivity index (χ3n) is 4.16. The molecule has 3 atom stereocenters. The maximum atomic E-state index is 12.6. The average molecular weight is 274 g/mol. The quantitative estimate of drug-likeness (QED) is 0.915. The van der Waals surface area contributed by atoms with Gasteiger partial charge in [0, 0.05) is 6.04 Å². The van der Waals surface area contributed by atoms with Crippen LogP contribution in [0.4, 0.5) is 0 Å². The lowest BCUT2D eigenvalue weighted by atomic mass is 9.87. The van der Waals surface area contributed by atoms with Crippen LogP contribution in [0, 0.1) is 5.92 Å². The van der Waals surface area contributed by atoms with Gasteiger partial charge in [-0.2, -0.15) is 0 Å². The first-order valence-corrected chi connectivity index (χ1v) is 7.59. The molecule has 1 aromatic carbocycles. The van der Waals surface area contributed by atoms with Crippen molar-refractivity contribution in [2.45, 2.75) is 44.7 Å². The first-order chi connectivity index (χ1) is 9.58. The van der Waals surface area contributed by atoms with E-state index in [1.165, 1.54) is 12.8 Å². The molecule has 20 heavy (non-hydrogen) atoms. The number of hydrogen-bond acceptors (Lipinski definition) is 2. The minimum absolute atomic E-state index is 0.125. The fourth-order valence-corrected chi connectivity index (χ4v) is 3.16. The number of likely N-dealkylation sites (N-methyl/N-ethyl adjacent to an activating group) is 1. The molecule has 2 rings (SSSR count). The number of nitrogens with one attached hydrogen (secondary N) is 1. The van der Waals surface area contributed by atoms with Crippen molar-refractivity contribution in [1.82, 2.24) is 10.2 Å². The highest BCUT2D eigenvalue weighted by Crippen LogP contribution is 2.25. The van der Waals surface area contributed by atoms with Gasteiger partial charge in [0.1, 0.15) is 6.04 Å². The molecule has 0 aromatic heterocycles. The molecular formula is C17H26N2O. The van der Waals surface area contributed by atoms with Crippen LogP contribution in [0.15, 0.2) is 30.3 Å². The molecular weight excluding hydrogens is 248 g/mol. The summed E-state index contributed by atoms with van der Waals surface area (Å²) in [4.78, 5) is 14.6. The van der Waals surface area contributed by atoms with E-state index in [0.29, 0.717) is 6.04 Å². The summed E-state index contributed by atoms with van der Waals surface area (Å²) in [5, 5.41) is 3.25. The van der Waals surface area contributed by atoms with Crippen molar-refractivity contribution in [3.05, 3.63) is 35.9 Å². The second-order valence-electron chi connectivity index (χ2n) is 6.25. The summed E-state index contributed by atoms with van der Waals surface area (Å²) >= 11 is 0. The topological polar surface area (TPSA) is 32.3 Å². The Labute approximate surface area is 122 Å². The minimum atomic E-state index is -0.201. The van der Waals surface area contributed by atoms with Gasteiger partial charge in [0.2, 0.25) is 5.91 Å². The number of carbonyl (C=O) groups is 1. The average Bonchev–Trinajstić information content (AvgIpc) is 2.39. The number of hydrogen-bond donors (Lipinski definition) is 1. The highest BCUT2D eigenvalue weighted by atomic mass is 16.2. The van der Waals surface area contributed by atoms with Crippen molar-refractivity contribution in [3.63, 3.8) is 0 Å². The second-order valence-corrected chi connectivity index (χ2v) is 6.25. The monoisotopic (exact) mass is 274 g/mol. The largest absolute Gasteiger partial charge is 0.352 e. The van der Waals surface area contributed by atoms with Crippen LogP contribution in [0.2, 0.25) is 0 Å². The standard InChI is InChI=1S/C17H26N2O/c1-13-8-7-11-15(12-13)18-17(20)16(19(2)3)14-9-5-4-6-10-14/h4-6,9-10,13,15-16H,7-8,11-12H2,1-3H3,(H,18,20)/t13-,15-,16-/m1/s1. The van der Waals surface area contributed by atoms with Crippen LogP contribution >= 0.6 is 0 Å². The molecule has 0 aliphatic heterocycles. The van der Waals surface area contributed by atoms with E-state index in [2.05, 4.69) is 12.2 Å². The van der Waals surface area contributed by atoms with Crippen molar-refractivity contribution in [1.29, 1.82) is 0 Å². The summed E-state index contributed by atoms with van der Waals surface area (Å²) in [5.74, 6) is 0.851. The Balaban J connectivity index is 2.04. The fraction of sp³-hybridized carbons (Fsp3) is 0.588. The van der Waals surface area contributed by atoms with E-state index in [4.69, 9.17) is 0 Å². The van der Waals surface area contributed by atoms with Crippen LogP contribution in [0.5, 0.6) is 0 Å². The summed E-state index contributed by atoms with van der Waals surface area (Å²) in [6, 6.07) is 10.1. The van der Waals surface area contributed by atoms with Crippen LogP contribution in [0.25, 0.3) is 0 Å². The molecule has 1 aromatic rings. The van der Waals surface area contributed by atoms with Crippen molar-refractivity contribution in [3.8, 4) is 0 Å². The summed E-state index contributed by atoms with van der Waals surface area (Å²) < 4.78 is 0. The predicted octanol–water partition coefficient (Wildman–Crippen LogP) is 2.98. The van der Waals surface area contributed by atoms with E-state index in [1.807, 2.05) is 49.3 Å². The van der Waals surface area contributed by atoms with Gasteiger partial charge in [-0.1, -0.05) is 50.1 Å². The van der Waals surface area contributed by atoms with Crippen molar-refractivity contribution in [2.24, 2.45) is 5.92 Å². The molecule has 1 amide bonds. The zero-order valence-corrected chi connectivity index (χ0v) is 12.8. The molecule has 3 heteroatoms. The first kappa shape index (κ1) is 15.0. The van der Waals surface area contributed by atoms with E-state index in [0.717, 1.165) is 24.3 Å². The van der Waals surface area contributed by atoms with E-state index < -0.39 is 0 Å². The van der Waals surface area contributed by atoms with Gasteiger partial charge in [0.15, 0.2) is 0 Å². The zero-order chi connectivity index (χ0) is 14.5. The van der Waals surface area contributed by atoms with Crippen LogP contribution in [-0.4, -0.2) is 30.9 Å². The molecule has 0 saturated heterocycles. The van der Waals surface area contributed by atoms with Gasteiger partial charge in [-0.05, 0) is 38.4 Å². The molecule has 0 spiro atoms. The summed E-state index contributed by atoms with van der Waals surface area (Å²) in [7, 11) is 3.92. The molecule has 110 valence electrons. The van der Waals surface area contributed by atoms with Crippen LogP contribution in [0.3, 0.4) is 0 Å². The van der Waals surface area contributed by atoms with Gasteiger partial charge in [-0.15, -0.1) is 0 Å². The molecule has 0 heterocycles. The Morgan fingerprint density at radius 3 is 2.55 bits per heavy atom. The molecule has 1 aliphatic carbocycles. The number of nitrogens with zero attached hydrogens (tertiary/aromatic N) is 1. The molecule has 0 unspecified atom stereocenters. The summed E-state index contributed by atoms with van der Waals surface area (Å²) in [6.07, 6.45) is 4.75. The second kappa shape index (κ2) is 6.89. The summed E-state index contributed by atoms with van der Waals surface area (Å²) in [5.41, 5.74) is 1.05. The molecule has 1 saturated carbocycles. The minimum Gasteiger partial charge on any atom is -0.352 e. The zero-order valence-electron chi connectivity index (χ0n) is 12.8. The van der Waals surface area contributed by atoms with Gasteiger partial charge in [-0.25, -0.2) is 0 Å². The predicted molar refractivity (Wildman–Crippen MR) is 82.4 cm³/mol. The van der Waals surface area contributed by atoms with E-state index in [9.17, 15) is 4.79 Å². The number of benzene rings is 1. The normalized spacial score (nSPS) is 24.4. The Kier molecular flexibility index (Phi) is 5.18. The molecule has 0 bridgehead atoms. The van der Waals surface area contributed by atoms with Gasteiger partial charge in [0.25, 0.3) is 0 Å². The van der Waals surface area contributed by atoms with Gasteiger partial charge < -0.3 is 5.32 Å². The van der Waals surface area contributed by atoms with Crippen LogP contribution in [-0.2, 0) is 4.79 Å². The molecule has 1 N–H and O–H groups in total. The Morgan fingerprint density at radius 1 is 1.25 bits per heavy atom. The lowest BCUT2D eigenvalue weighted by molar-refractivity contribution is -0.126. The molecule has 3 nitrogen and oxygen atoms in total. The molecule has 0 radical (unpaired) electrons. The van der Waals surface area contributed by atoms with Crippen LogP contribution < -0.4 is 5.32 Å². The lowest BCUT2D eigenvalue weighted by Gasteiger charge is -2.31. The Morgan fingerprint density at radius 2 is 1.95 bits per heavy atom. The van der Waals surface area contributed by atoms with Crippen molar-refractivity contribution >= 4 is 5.91 Å². The SMILES string of the molecule is C[C@@H]1CCC[C@@H](NC(=O)[C@@H](c2ccccc2)N(C)C)C1. The van der Waals surface area contributed by atoms with Gasteiger partial charge in [0.05, 0.1) is 0 Å². The first-order valence-electron chi connectivity index (χ1n) is 7.59. The van der Waals surface area contributed by atoms with Crippen molar-refractivity contribution in [2.75, 3.05) is 14.1 Å². The highest BCUT2D eigenvalue weighted by Gasteiger charge is 2.26. The fourth-order valence-electron chi connectivity index (χ4n) is 3.16. The molecule has 1 fully saturated rings. The van der Waals surface area contributed by atoms with E-state index >= 15 is 0 Å².